The maximum absolute atomic E-state index is 12.7. The summed E-state index contributed by atoms with van der Waals surface area (Å²) in [7, 11) is 0. The van der Waals surface area contributed by atoms with Gasteiger partial charge >= 0.3 is 12.0 Å². The molecule has 6 nitrogen and oxygen atoms in total. The molecular weight excluding hydrogens is 320 g/mol. The van der Waals surface area contributed by atoms with Gasteiger partial charge < -0.3 is 20.1 Å². The Bertz CT molecular complexity index is 664. The zero-order valence-electron chi connectivity index (χ0n) is 15.2. The quantitative estimate of drug-likeness (QED) is 0.802. The second-order valence-electron chi connectivity index (χ2n) is 7.00. The lowest BCUT2D eigenvalue weighted by Crippen LogP contribution is -2.51. The summed E-state index contributed by atoms with van der Waals surface area (Å²) in [5.74, 6) is -0.554. The molecule has 1 fully saturated rings. The minimum atomic E-state index is -0.747. The number of esters is 1. The van der Waals surface area contributed by atoms with Crippen LogP contribution in [0.25, 0.3) is 0 Å². The van der Waals surface area contributed by atoms with Gasteiger partial charge in [0.05, 0.1) is 12.6 Å². The van der Waals surface area contributed by atoms with Crippen molar-refractivity contribution in [2.24, 2.45) is 5.92 Å². The highest BCUT2D eigenvalue weighted by atomic mass is 16.6. The molecule has 2 atom stereocenters. The molecule has 2 N–H and O–H groups in total. The minimum absolute atomic E-state index is 0.313. The first-order valence-corrected chi connectivity index (χ1v) is 8.44. The Morgan fingerprint density at radius 2 is 1.96 bits per heavy atom. The van der Waals surface area contributed by atoms with Gasteiger partial charge in [-0.15, -0.1) is 0 Å². The zero-order chi connectivity index (χ0) is 18.6. The summed E-state index contributed by atoms with van der Waals surface area (Å²) in [6, 6.07) is 6.36. The van der Waals surface area contributed by atoms with Crippen LogP contribution >= 0.6 is 0 Å². The predicted octanol–water partition coefficient (Wildman–Crippen LogP) is 3.30. The minimum Gasteiger partial charge on any atom is -0.493 e. The smallest absolute Gasteiger partial charge is 0.319 e. The maximum Gasteiger partial charge on any atom is 0.319 e. The molecule has 2 amide bonds. The number of carbonyl (C=O) groups is 2. The van der Waals surface area contributed by atoms with E-state index in [0.29, 0.717) is 18.1 Å². The Morgan fingerprint density at radius 3 is 2.60 bits per heavy atom. The van der Waals surface area contributed by atoms with Gasteiger partial charge in [-0.2, -0.15) is 0 Å². The average molecular weight is 346 g/mol. The van der Waals surface area contributed by atoms with Crippen molar-refractivity contribution >= 4 is 12.0 Å². The molecule has 0 radical (unpaired) electrons. The fourth-order valence-electron chi connectivity index (χ4n) is 2.67. The third kappa shape index (κ3) is 4.75. The highest BCUT2D eigenvalue weighted by molar-refractivity contribution is 5.85. The van der Waals surface area contributed by atoms with Gasteiger partial charge in [0.1, 0.15) is 17.3 Å². The molecule has 25 heavy (non-hydrogen) atoms. The van der Waals surface area contributed by atoms with Crippen LogP contribution in [0.4, 0.5) is 4.79 Å². The van der Waals surface area contributed by atoms with Crippen LogP contribution in [-0.2, 0) is 9.53 Å². The van der Waals surface area contributed by atoms with Gasteiger partial charge in [-0.1, -0.05) is 31.7 Å². The van der Waals surface area contributed by atoms with Crippen molar-refractivity contribution in [3.63, 3.8) is 0 Å². The molecular formula is C19H26N2O4. The van der Waals surface area contributed by atoms with Crippen molar-refractivity contribution in [2.45, 2.75) is 45.8 Å². The van der Waals surface area contributed by atoms with E-state index in [2.05, 4.69) is 17.2 Å². The molecule has 1 aliphatic heterocycles. The summed E-state index contributed by atoms with van der Waals surface area (Å²) in [5.41, 5.74) is 0.401. The van der Waals surface area contributed by atoms with Crippen LogP contribution in [0.2, 0.25) is 0 Å². The van der Waals surface area contributed by atoms with Crippen LogP contribution in [-0.4, -0.2) is 24.2 Å². The highest BCUT2D eigenvalue weighted by Gasteiger charge is 2.41. The van der Waals surface area contributed by atoms with Gasteiger partial charge in [0.25, 0.3) is 0 Å². The Labute approximate surface area is 148 Å². The summed E-state index contributed by atoms with van der Waals surface area (Å²) >= 11 is 0. The first-order chi connectivity index (χ1) is 11.7. The monoisotopic (exact) mass is 346 g/mol. The lowest BCUT2D eigenvalue weighted by molar-refractivity contribution is -0.159. The van der Waals surface area contributed by atoms with E-state index in [1.54, 1.807) is 20.8 Å². The number of para-hydroxylation sites is 1. The van der Waals surface area contributed by atoms with Crippen molar-refractivity contribution < 1.29 is 19.1 Å². The predicted molar refractivity (Wildman–Crippen MR) is 95.1 cm³/mol. The van der Waals surface area contributed by atoms with Crippen molar-refractivity contribution in [3.8, 4) is 5.75 Å². The molecule has 1 aromatic carbocycles. The van der Waals surface area contributed by atoms with E-state index in [1.807, 2.05) is 31.2 Å². The number of hydrogen-bond donors (Lipinski definition) is 2. The number of amides is 2. The average Bonchev–Trinajstić information content (AvgIpc) is 2.50. The maximum atomic E-state index is 12.7. The summed E-state index contributed by atoms with van der Waals surface area (Å²) in [5, 5.41) is 5.38. The summed E-state index contributed by atoms with van der Waals surface area (Å²) in [4.78, 5) is 24.7. The van der Waals surface area contributed by atoms with E-state index in [4.69, 9.17) is 9.47 Å². The standard InChI is InChI=1S/C19H26N2O4/c1-6-11-24-14-10-8-7-9-13(14)16-15(12(2)20-18(23)21-16)17(22)25-19(3,4)5/h7-10,15-16H,2,6,11H2,1,3-5H3,(H2,20,21,23)/t15-,16-/m1/s1. The van der Waals surface area contributed by atoms with Gasteiger partial charge in [-0.3, -0.25) is 4.79 Å². The Kier molecular flexibility index (Phi) is 5.72. The van der Waals surface area contributed by atoms with E-state index in [9.17, 15) is 9.59 Å². The molecule has 1 heterocycles. The Morgan fingerprint density at radius 1 is 1.28 bits per heavy atom. The Hall–Kier alpha value is -2.50. The summed E-state index contributed by atoms with van der Waals surface area (Å²) in [6.45, 7) is 11.8. The molecule has 2 rings (SSSR count). The van der Waals surface area contributed by atoms with Crippen LogP contribution < -0.4 is 15.4 Å². The number of carbonyl (C=O) groups excluding carboxylic acids is 2. The lowest BCUT2D eigenvalue weighted by Gasteiger charge is -2.35. The van der Waals surface area contributed by atoms with Crippen LogP contribution in [0, 0.1) is 5.92 Å². The van der Waals surface area contributed by atoms with E-state index in [0.717, 1.165) is 12.0 Å². The van der Waals surface area contributed by atoms with Crippen LogP contribution in [0.1, 0.15) is 45.7 Å². The van der Waals surface area contributed by atoms with Crippen molar-refractivity contribution in [1.29, 1.82) is 0 Å². The normalized spacial score (nSPS) is 20.5. The van der Waals surface area contributed by atoms with Crippen LogP contribution in [0.15, 0.2) is 36.5 Å². The molecule has 1 aliphatic rings. The largest absolute Gasteiger partial charge is 0.493 e. The number of hydrogen-bond acceptors (Lipinski definition) is 4. The SMILES string of the molecule is C=C1NC(=O)N[C@H](c2ccccc2OCCC)[C@@H]1C(=O)OC(C)(C)C. The molecule has 6 heteroatoms. The van der Waals surface area contributed by atoms with Crippen LogP contribution in [0.3, 0.4) is 0 Å². The first kappa shape index (κ1) is 18.8. The molecule has 0 saturated carbocycles. The summed E-state index contributed by atoms with van der Waals surface area (Å²) in [6.07, 6.45) is 0.856. The van der Waals surface area contributed by atoms with E-state index >= 15 is 0 Å². The molecule has 0 spiro atoms. The van der Waals surface area contributed by atoms with E-state index in [1.165, 1.54) is 0 Å². The number of urea groups is 1. The lowest BCUT2D eigenvalue weighted by atomic mass is 9.88. The van der Waals surface area contributed by atoms with E-state index < -0.39 is 29.6 Å². The van der Waals surface area contributed by atoms with Gasteiger partial charge in [0.2, 0.25) is 0 Å². The van der Waals surface area contributed by atoms with Crippen molar-refractivity contribution in [3.05, 3.63) is 42.1 Å². The summed E-state index contributed by atoms with van der Waals surface area (Å²) < 4.78 is 11.3. The second-order valence-corrected chi connectivity index (χ2v) is 7.00. The van der Waals surface area contributed by atoms with Crippen molar-refractivity contribution in [1.82, 2.24) is 10.6 Å². The number of ether oxygens (including phenoxy) is 2. The fraction of sp³-hybridized carbons (Fsp3) is 0.474. The topological polar surface area (TPSA) is 76.7 Å². The Balaban J connectivity index is 2.39. The molecule has 0 unspecified atom stereocenters. The molecule has 1 saturated heterocycles. The number of nitrogens with one attached hydrogen (secondary N) is 2. The van der Waals surface area contributed by atoms with Gasteiger partial charge in [0, 0.05) is 11.3 Å². The second kappa shape index (κ2) is 7.59. The molecule has 0 aliphatic carbocycles. The van der Waals surface area contributed by atoms with Gasteiger partial charge in [0.15, 0.2) is 0 Å². The molecule has 0 bridgehead atoms. The molecule has 1 aromatic rings. The number of benzene rings is 1. The highest BCUT2D eigenvalue weighted by Crippen LogP contribution is 2.36. The van der Waals surface area contributed by atoms with Gasteiger partial charge in [-0.25, -0.2) is 4.79 Å². The third-order valence-electron chi connectivity index (χ3n) is 3.65. The molecule has 136 valence electrons. The zero-order valence-corrected chi connectivity index (χ0v) is 15.2. The fourth-order valence-corrected chi connectivity index (χ4v) is 2.67. The van der Waals surface area contributed by atoms with Crippen molar-refractivity contribution in [2.75, 3.05) is 6.61 Å². The van der Waals surface area contributed by atoms with E-state index in [-0.39, 0.29) is 0 Å². The van der Waals surface area contributed by atoms with Gasteiger partial charge in [-0.05, 0) is 33.3 Å². The molecule has 0 aromatic heterocycles. The number of rotatable bonds is 5. The van der Waals surface area contributed by atoms with Crippen LogP contribution in [0.5, 0.6) is 5.75 Å². The first-order valence-electron chi connectivity index (χ1n) is 8.44. The third-order valence-corrected chi connectivity index (χ3v) is 3.65.